The molecular formula is C18H22F2N2O3. The van der Waals surface area contributed by atoms with Crippen molar-refractivity contribution in [3.05, 3.63) is 29.8 Å². The summed E-state index contributed by atoms with van der Waals surface area (Å²) in [5.41, 5.74) is 0.132. The van der Waals surface area contributed by atoms with Crippen LogP contribution in [0.25, 0.3) is 0 Å². The van der Waals surface area contributed by atoms with E-state index in [-0.39, 0.29) is 29.0 Å². The van der Waals surface area contributed by atoms with Gasteiger partial charge in [-0.15, -0.1) is 0 Å². The Bertz CT molecular complexity index is 625. The maximum absolute atomic E-state index is 12.6. The Balaban J connectivity index is 1.61. The first-order chi connectivity index (χ1) is 12.1. The second-order valence-electron chi connectivity index (χ2n) is 6.47. The average molecular weight is 352 g/mol. The zero-order chi connectivity index (χ0) is 17.8. The van der Waals surface area contributed by atoms with Crippen LogP contribution < -0.4 is 4.74 Å². The van der Waals surface area contributed by atoms with Gasteiger partial charge in [-0.2, -0.15) is 8.78 Å². The Morgan fingerprint density at radius 3 is 2.28 bits per heavy atom. The molecule has 136 valence electrons. The molecule has 2 saturated heterocycles. The lowest BCUT2D eigenvalue weighted by Gasteiger charge is -2.33. The first-order valence-corrected chi connectivity index (χ1v) is 8.68. The first kappa shape index (κ1) is 17.6. The summed E-state index contributed by atoms with van der Waals surface area (Å²) in [5, 5.41) is 0. The fraction of sp³-hybridized carbons (Fsp3) is 0.556. The van der Waals surface area contributed by atoms with Crippen LogP contribution in [0.5, 0.6) is 5.75 Å². The van der Waals surface area contributed by atoms with Gasteiger partial charge >= 0.3 is 6.61 Å². The highest BCUT2D eigenvalue weighted by molar-refractivity contribution is 5.97. The van der Waals surface area contributed by atoms with Crippen molar-refractivity contribution >= 4 is 11.8 Å². The Morgan fingerprint density at radius 1 is 1.00 bits per heavy atom. The third kappa shape index (κ3) is 4.08. The molecule has 0 bridgehead atoms. The van der Waals surface area contributed by atoms with Crippen LogP contribution in [0.4, 0.5) is 8.78 Å². The van der Waals surface area contributed by atoms with Gasteiger partial charge in [0.1, 0.15) is 5.75 Å². The molecule has 0 aliphatic carbocycles. The van der Waals surface area contributed by atoms with E-state index in [4.69, 9.17) is 0 Å². The fourth-order valence-electron chi connectivity index (χ4n) is 3.54. The summed E-state index contributed by atoms with van der Waals surface area (Å²) in [6, 6.07) is 6.02. The number of rotatable bonds is 4. The minimum atomic E-state index is -2.97. The van der Waals surface area contributed by atoms with E-state index in [9.17, 15) is 18.4 Å². The molecule has 0 unspecified atom stereocenters. The second-order valence-corrected chi connectivity index (χ2v) is 6.47. The van der Waals surface area contributed by atoms with Crippen LogP contribution in [0.3, 0.4) is 0 Å². The molecule has 2 aliphatic rings. The van der Waals surface area contributed by atoms with Crippen LogP contribution in [0.15, 0.2) is 24.3 Å². The first-order valence-electron chi connectivity index (χ1n) is 8.68. The van der Waals surface area contributed by atoms with Crippen molar-refractivity contribution in [1.29, 1.82) is 0 Å². The van der Waals surface area contributed by atoms with Gasteiger partial charge in [0.2, 0.25) is 5.91 Å². The predicted octanol–water partition coefficient (Wildman–Crippen LogP) is 2.76. The molecule has 0 aromatic heterocycles. The zero-order valence-electron chi connectivity index (χ0n) is 14.0. The number of carbonyl (C=O) groups is 2. The topological polar surface area (TPSA) is 49.9 Å². The summed E-state index contributed by atoms with van der Waals surface area (Å²) in [4.78, 5) is 28.6. The van der Waals surface area contributed by atoms with Crippen LogP contribution in [0, 0.1) is 5.92 Å². The molecule has 2 fully saturated rings. The standard InChI is InChI=1S/C18H22F2N2O3/c19-18(20)25-15-6-2-1-5-14(15)17(24)22-11-7-13(8-12-22)16(23)21-9-3-4-10-21/h1-2,5-6,13,18H,3-4,7-12H2. The summed E-state index contributed by atoms with van der Waals surface area (Å²) in [6.45, 7) is -0.414. The molecule has 2 amide bonds. The van der Waals surface area contributed by atoms with Gasteiger partial charge in [-0.25, -0.2) is 0 Å². The van der Waals surface area contributed by atoms with E-state index in [0.717, 1.165) is 25.9 Å². The Kier molecular flexibility index (Phi) is 5.50. The van der Waals surface area contributed by atoms with Crippen molar-refractivity contribution in [1.82, 2.24) is 9.80 Å². The van der Waals surface area contributed by atoms with Crippen LogP contribution in [-0.4, -0.2) is 54.4 Å². The van der Waals surface area contributed by atoms with E-state index in [1.165, 1.54) is 12.1 Å². The number of hydrogen-bond acceptors (Lipinski definition) is 3. The molecule has 0 saturated carbocycles. The number of ether oxygens (including phenoxy) is 1. The Labute approximate surface area is 145 Å². The molecule has 0 radical (unpaired) electrons. The van der Waals surface area contributed by atoms with Gasteiger partial charge in [0.25, 0.3) is 5.91 Å². The molecule has 2 aliphatic heterocycles. The Morgan fingerprint density at radius 2 is 1.64 bits per heavy atom. The van der Waals surface area contributed by atoms with Gasteiger partial charge in [0.05, 0.1) is 5.56 Å². The molecule has 2 heterocycles. The molecule has 25 heavy (non-hydrogen) atoms. The van der Waals surface area contributed by atoms with Gasteiger partial charge in [0.15, 0.2) is 0 Å². The van der Waals surface area contributed by atoms with Crippen molar-refractivity contribution in [2.75, 3.05) is 26.2 Å². The summed E-state index contributed by atoms with van der Waals surface area (Å²) >= 11 is 0. The van der Waals surface area contributed by atoms with Crippen molar-refractivity contribution in [3.8, 4) is 5.75 Å². The average Bonchev–Trinajstić information content (AvgIpc) is 3.15. The number of alkyl halides is 2. The normalized spacial score (nSPS) is 18.7. The highest BCUT2D eigenvalue weighted by Gasteiger charge is 2.32. The number of benzene rings is 1. The number of carbonyl (C=O) groups excluding carboxylic acids is 2. The quantitative estimate of drug-likeness (QED) is 0.837. The lowest BCUT2D eigenvalue weighted by Crippen LogP contribution is -2.43. The molecule has 1 aromatic carbocycles. The van der Waals surface area contributed by atoms with Gasteiger partial charge in [-0.05, 0) is 37.8 Å². The predicted molar refractivity (Wildman–Crippen MR) is 87.5 cm³/mol. The van der Waals surface area contributed by atoms with Crippen LogP contribution in [0.1, 0.15) is 36.0 Å². The molecule has 0 atom stereocenters. The van der Waals surface area contributed by atoms with Crippen molar-refractivity contribution in [2.45, 2.75) is 32.3 Å². The summed E-state index contributed by atoms with van der Waals surface area (Å²) < 4.78 is 29.5. The molecule has 3 rings (SSSR count). The van der Waals surface area contributed by atoms with Crippen LogP contribution >= 0.6 is 0 Å². The molecule has 5 nitrogen and oxygen atoms in total. The van der Waals surface area contributed by atoms with E-state index in [0.29, 0.717) is 25.9 Å². The van der Waals surface area contributed by atoms with E-state index in [2.05, 4.69) is 4.74 Å². The van der Waals surface area contributed by atoms with E-state index in [1.807, 2.05) is 4.90 Å². The molecule has 1 aromatic rings. The molecular weight excluding hydrogens is 330 g/mol. The van der Waals surface area contributed by atoms with Crippen LogP contribution in [0.2, 0.25) is 0 Å². The number of piperidine rings is 1. The van der Waals surface area contributed by atoms with E-state index >= 15 is 0 Å². The van der Waals surface area contributed by atoms with Crippen LogP contribution in [-0.2, 0) is 4.79 Å². The minimum absolute atomic E-state index is 0.0466. The molecule has 0 N–H and O–H groups in total. The monoisotopic (exact) mass is 352 g/mol. The largest absolute Gasteiger partial charge is 0.434 e. The van der Waals surface area contributed by atoms with E-state index in [1.54, 1.807) is 17.0 Å². The highest BCUT2D eigenvalue weighted by Crippen LogP contribution is 2.26. The second kappa shape index (κ2) is 7.80. The maximum Gasteiger partial charge on any atom is 0.387 e. The number of para-hydroxylation sites is 1. The lowest BCUT2D eigenvalue weighted by molar-refractivity contribution is -0.135. The summed E-state index contributed by atoms with van der Waals surface area (Å²) in [7, 11) is 0. The molecule has 7 heteroatoms. The number of amides is 2. The van der Waals surface area contributed by atoms with Crippen molar-refractivity contribution < 1.29 is 23.1 Å². The number of hydrogen-bond donors (Lipinski definition) is 0. The lowest BCUT2D eigenvalue weighted by atomic mass is 9.95. The highest BCUT2D eigenvalue weighted by atomic mass is 19.3. The summed E-state index contributed by atoms with van der Waals surface area (Å²) in [6.07, 6.45) is 3.34. The van der Waals surface area contributed by atoms with Gasteiger partial charge in [-0.3, -0.25) is 9.59 Å². The van der Waals surface area contributed by atoms with Crippen molar-refractivity contribution in [3.63, 3.8) is 0 Å². The number of likely N-dealkylation sites (tertiary alicyclic amines) is 2. The molecule has 0 spiro atoms. The van der Waals surface area contributed by atoms with Crippen molar-refractivity contribution in [2.24, 2.45) is 5.92 Å². The minimum Gasteiger partial charge on any atom is -0.434 e. The SMILES string of the molecule is O=C(c1ccccc1OC(F)F)N1CCC(C(=O)N2CCCC2)CC1. The smallest absolute Gasteiger partial charge is 0.387 e. The van der Waals surface area contributed by atoms with Gasteiger partial charge in [0, 0.05) is 32.1 Å². The maximum atomic E-state index is 12.6. The Hall–Kier alpha value is -2.18. The van der Waals surface area contributed by atoms with E-state index < -0.39 is 6.61 Å². The summed E-state index contributed by atoms with van der Waals surface area (Å²) in [5.74, 6) is -0.304. The number of nitrogens with zero attached hydrogens (tertiary/aromatic N) is 2. The zero-order valence-corrected chi connectivity index (χ0v) is 14.0. The van der Waals surface area contributed by atoms with Gasteiger partial charge < -0.3 is 14.5 Å². The fourth-order valence-corrected chi connectivity index (χ4v) is 3.54. The number of halogens is 2. The van der Waals surface area contributed by atoms with Gasteiger partial charge in [-0.1, -0.05) is 12.1 Å². The third-order valence-electron chi connectivity index (χ3n) is 4.88. The third-order valence-corrected chi connectivity index (χ3v) is 4.88.